The zero-order valence-electron chi connectivity index (χ0n) is 17.0. The van der Waals surface area contributed by atoms with Crippen LogP contribution in [0.3, 0.4) is 0 Å². The third kappa shape index (κ3) is 5.54. The van der Waals surface area contributed by atoms with Gasteiger partial charge in [0.25, 0.3) is 0 Å². The fourth-order valence-corrected chi connectivity index (χ4v) is 4.03. The van der Waals surface area contributed by atoms with Crippen LogP contribution >= 0.6 is 0 Å². The highest BCUT2D eigenvalue weighted by Crippen LogP contribution is 2.39. The van der Waals surface area contributed by atoms with E-state index in [4.69, 9.17) is 4.43 Å². The van der Waals surface area contributed by atoms with Gasteiger partial charge in [0.05, 0.1) is 6.61 Å². The van der Waals surface area contributed by atoms with Crippen LogP contribution in [0.1, 0.15) is 31.9 Å². The average Bonchev–Trinajstić information content (AvgIpc) is 2.60. The maximum absolute atomic E-state index is 10.4. The fourth-order valence-electron chi connectivity index (χ4n) is 2.93. The summed E-state index contributed by atoms with van der Waals surface area (Å²) in [6.45, 7) is 12.0. The predicted octanol–water partition coefficient (Wildman–Crippen LogP) is 5.47. The first-order valence-electron chi connectivity index (χ1n) is 9.50. The van der Waals surface area contributed by atoms with Crippen molar-refractivity contribution in [1.29, 1.82) is 0 Å². The molecule has 0 aromatic heterocycles. The number of benzene rings is 2. The van der Waals surface area contributed by atoms with E-state index in [-0.39, 0.29) is 17.1 Å². The summed E-state index contributed by atoms with van der Waals surface area (Å²) in [7, 11) is -1.88. The largest absolute Gasteiger partial charge is 0.416 e. The molecule has 0 heterocycles. The Morgan fingerprint density at radius 3 is 1.58 bits per heavy atom. The normalized spacial score (nSPS) is 13.0. The van der Waals surface area contributed by atoms with Crippen LogP contribution in [0.5, 0.6) is 0 Å². The average molecular weight is 371 g/mol. The van der Waals surface area contributed by atoms with E-state index >= 15 is 0 Å². The summed E-state index contributed by atoms with van der Waals surface area (Å²) in [5.74, 6) is 0. The molecule has 142 valence electrons. The second-order valence-electron chi connectivity index (χ2n) is 9.03. The molecule has 0 bridgehead atoms. The Hall–Kier alpha value is -1.42. The van der Waals surface area contributed by atoms with E-state index in [2.05, 4.69) is 82.4 Å². The lowest BCUT2D eigenvalue weighted by molar-refractivity contribution is 0.0596. The highest BCUT2D eigenvalue weighted by Gasteiger charge is 2.40. The first-order chi connectivity index (χ1) is 12.2. The molecular weight excluding hydrogens is 336 g/mol. The Labute approximate surface area is 160 Å². The maximum atomic E-state index is 10.4. The van der Waals surface area contributed by atoms with Crippen molar-refractivity contribution in [1.82, 2.24) is 0 Å². The van der Waals surface area contributed by atoms with Crippen molar-refractivity contribution in [3.8, 4) is 0 Å². The molecule has 2 aromatic carbocycles. The Kier molecular flexibility index (Phi) is 6.84. The third-order valence-electron chi connectivity index (χ3n) is 5.72. The molecule has 2 rings (SSSR count). The molecule has 0 aliphatic rings. The molecule has 1 N–H and O–H groups in total. The molecule has 0 radical (unpaired) electrons. The molecule has 0 amide bonds. The molecule has 0 saturated carbocycles. The van der Waals surface area contributed by atoms with Gasteiger partial charge in [-0.25, -0.2) is 0 Å². The van der Waals surface area contributed by atoms with Gasteiger partial charge in [-0.15, -0.1) is 0 Å². The molecule has 0 atom stereocenters. The van der Waals surface area contributed by atoms with Gasteiger partial charge in [0.2, 0.25) is 0 Å². The molecule has 3 heteroatoms. The van der Waals surface area contributed by atoms with Gasteiger partial charge in [-0.2, -0.15) is 0 Å². The number of aliphatic hydroxyl groups is 1. The molecule has 0 unspecified atom stereocenters. The van der Waals surface area contributed by atoms with Crippen LogP contribution < -0.4 is 0 Å². The Bertz CT molecular complexity index is 618. The van der Waals surface area contributed by atoms with Gasteiger partial charge in [0, 0.05) is 12.0 Å². The van der Waals surface area contributed by atoms with E-state index in [9.17, 15) is 5.11 Å². The maximum Gasteiger partial charge on any atom is 0.192 e. The Morgan fingerprint density at radius 1 is 0.808 bits per heavy atom. The van der Waals surface area contributed by atoms with Crippen LogP contribution in [0.4, 0.5) is 0 Å². The molecule has 26 heavy (non-hydrogen) atoms. The first-order valence-corrected chi connectivity index (χ1v) is 12.4. The minimum Gasteiger partial charge on any atom is -0.416 e. The van der Waals surface area contributed by atoms with Crippen LogP contribution in [0.25, 0.3) is 0 Å². The highest BCUT2D eigenvalue weighted by atomic mass is 28.4. The molecule has 0 saturated heterocycles. The van der Waals surface area contributed by atoms with Gasteiger partial charge in [-0.3, -0.25) is 0 Å². The SMILES string of the molecule is CC(C)(C)[Si](C)(C)OCC(CO)(Cc1ccccc1)Cc1ccccc1. The molecule has 2 aromatic rings. The van der Waals surface area contributed by atoms with E-state index in [1.807, 2.05) is 12.1 Å². The van der Waals surface area contributed by atoms with Gasteiger partial charge in [-0.1, -0.05) is 81.4 Å². The lowest BCUT2D eigenvalue weighted by Crippen LogP contribution is -2.46. The number of hydrogen-bond donors (Lipinski definition) is 1. The van der Waals surface area contributed by atoms with Crippen LogP contribution in [-0.2, 0) is 17.3 Å². The van der Waals surface area contributed by atoms with Gasteiger partial charge in [0.15, 0.2) is 8.32 Å². The lowest BCUT2D eigenvalue weighted by atomic mass is 9.78. The fraction of sp³-hybridized carbons (Fsp3) is 0.478. The summed E-state index contributed by atoms with van der Waals surface area (Å²) >= 11 is 0. The minimum absolute atomic E-state index is 0.116. The number of hydrogen-bond acceptors (Lipinski definition) is 2. The van der Waals surface area contributed by atoms with E-state index in [1.54, 1.807) is 0 Å². The van der Waals surface area contributed by atoms with Gasteiger partial charge < -0.3 is 9.53 Å². The van der Waals surface area contributed by atoms with E-state index < -0.39 is 8.32 Å². The second kappa shape index (κ2) is 8.51. The summed E-state index contributed by atoms with van der Waals surface area (Å²) in [5, 5.41) is 10.6. The molecular formula is C23H34O2Si. The summed E-state index contributed by atoms with van der Waals surface area (Å²) in [6, 6.07) is 20.9. The third-order valence-corrected chi connectivity index (χ3v) is 10.2. The second-order valence-corrected chi connectivity index (χ2v) is 13.8. The van der Waals surface area contributed by atoms with Crippen LogP contribution in [-0.4, -0.2) is 26.6 Å². The zero-order valence-corrected chi connectivity index (χ0v) is 18.0. The highest BCUT2D eigenvalue weighted by molar-refractivity contribution is 6.74. The van der Waals surface area contributed by atoms with Crippen molar-refractivity contribution in [3.05, 3.63) is 71.8 Å². The van der Waals surface area contributed by atoms with Crippen molar-refractivity contribution in [2.24, 2.45) is 5.41 Å². The van der Waals surface area contributed by atoms with E-state index in [0.29, 0.717) is 6.61 Å². The summed E-state index contributed by atoms with van der Waals surface area (Å²) < 4.78 is 6.57. The zero-order chi connectivity index (χ0) is 19.3. The van der Waals surface area contributed by atoms with Crippen molar-refractivity contribution in [3.63, 3.8) is 0 Å². The van der Waals surface area contributed by atoms with Crippen molar-refractivity contribution in [2.75, 3.05) is 13.2 Å². The van der Waals surface area contributed by atoms with Crippen molar-refractivity contribution < 1.29 is 9.53 Å². The van der Waals surface area contributed by atoms with Crippen LogP contribution in [0.2, 0.25) is 18.1 Å². The molecule has 0 fully saturated rings. The van der Waals surface area contributed by atoms with Gasteiger partial charge >= 0.3 is 0 Å². The summed E-state index contributed by atoms with van der Waals surface area (Å²) in [6.07, 6.45) is 1.63. The summed E-state index contributed by atoms with van der Waals surface area (Å²) in [4.78, 5) is 0. The quantitative estimate of drug-likeness (QED) is 0.624. The Balaban J connectivity index is 2.27. The van der Waals surface area contributed by atoms with Crippen LogP contribution in [0.15, 0.2) is 60.7 Å². The standard InChI is InChI=1S/C23H34O2Si/c1-22(2,3)26(4,5)25-19-23(18-24,16-20-12-8-6-9-13-20)17-21-14-10-7-11-15-21/h6-15,24H,16-19H2,1-5H3. The first kappa shape index (κ1) is 20.9. The predicted molar refractivity (Wildman–Crippen MR) is 113 cm³/mol. The summed E-state index contributed by atoms with van der Waals surface area (Å²) in [5.41, 5.74) is 2.19. The van der Waals surface area contributed by atoms with Crippen molar-refractivity contribution >= 4 is 8.32 Å². The van der Waals surface area contributed by atoms with E-state index in [1.165, 1.54) is 11.1 Å². The molecule has 0 aliphatic heterocycles. The monoisotopic (exact) mass is 370 g/mol. The van der Waals surface area contributed by atoms with E-state index in [0.717, 1.165) is 12.8 Å². The number of aliphatic hydroxyl groups excluding tert-OH is 1. The Morgan fingerprint density at radius 2 is 1.23 bits per heavy atom. The minimum atomic E-state index is -1.88. The number of rotatable bonds is 8. The molecule has 0 aliphatic carbocycles. The lowest BCUT2D eigenvalue weighted by Gasteiger charge is -2.41. The van der Waals surface area contributed by atoms with Gasteiger partial charge in [-0.05, 0) is 42.1 Å². The topological polar surface area (TPSA) is 29.5 Å². The van der Waals surface area contributed by atoms with Crippen molar-refractivity contribution in [2.45, 2.75) is 51.7 Å². The van der Waals surface area contributed by atoms with Gasteiger partial charge in [0.1, 0.15) is 0 Å². The molecule has 2 nitrogen and oxygen atoms in total. The van der Waals surface area contributed by atoms with Crippen LogP contribution in [0, 0.1) is 5.41 Å². The molecule has 0 spiro atoms. The smallest absolute Gasteiger partial charge is 0.192 e.